The molecule has 0 atom stereocenters. The van der Waals surface area contributed by atoms with Gasteiger partial charge < -0.3 is 14.8 Å². The molecule has 1 saturated heterocycles. The van der Waals surface area contributed by atoms with E-state index in [0.717, 1.165) is 37.4 Å². The van der Waals surface area contributed by atoms with E-state index in [1.165, 1.54) is 5.56 Å². The van der Waals surface area contributed by atoms with E-state index in [-0.39, 0.29) is 0 Å². The molecule has 2 heterocycles. The molecule has 4 heteroatoms. The van der Waals surface area contributed by atoms with Gasteiger partial charge in [-0.05, 0) is 31.8 Å². The molecule has 0 saturated carbocycles. The molecule has 0 amide bonds. The van der Waals surface area contributed by atoms with Crippen molar-refractivity contribution in [1.82, 2.24) is 10.3 Å². The predicted molar refractivity (Wildman–Crippen MR) is 62.2 cm³/mol. The number of hydrogen-bond acceptors (Lipinski definition) is 4. The Bertz CT molecular complexity index is 327. The molecule has 1 aliphatic heterocycles. The quantitative estimate of drug-likeness (QED) is 0.843. The molecule has 0 aliphatic carbocycles. The van der Waals surface area contributed by atoms with E-state index in [0.29, 0.717) is 5.92 Å². The highest BCUT2D eigenvalue weighted by atomic mass is 16.5. The number of nitrogens with zero attached hydrogens (tertiary/aromatic N) is 1. The molecule has 4 nitrogen and oxygen atoms in total. The molecular formula is C12H18N2O2. The van der Waals surface area contributed by atoms with Crippen molar-refractivity contribution in [3.05, 3.63) is 18.0 Å². The van der Waals surface area contributed by atoms with Gasteiger partial charge in [-0.2, -0.15) is 0 Å². The predicted octanol–water partition coefficient (Wildman–Crippen LogP) is 1.57. The van der Waals surface area contributed by atoms with Crippen LogP contribution in [0.5, 0.6) is 11.5 Å². The highest BCUT2D eigenvalue weighted by Crippen LogP contribution is 2.38. The molecule has 1 aliphatic rings. The van der Waals surface area contributed by atoms with Gasteiger partial charge in [-0.3, -0.25) is 4.98 Å². The summed E-state index contributed by atoms with van der Waals surface area (Å²) >= 11 is 0. The monoisotopic (exact) mass is 222 g/mol. The van der Waals surface area contributed by atoms with Crippen LogP contribution in [0, 0.1) is 0 Å². The van der Waals surface area contributed by atoms with Crippen molar-refractivity contribution in [2.75, 3.05) is 27.3 Å². The third kappa shape index (κ3) is 2.11. The molecule has 0 radical (unpaired) electrons. The Balaban J connectivity index is 2.34. The van der Waals surface area contributed by atoms with Crippen molar-refractivity contribution in [3.63, 3.8) is 0 Å². The Labute approximate surface area is 96.0 Å². The van der Waals surface area contributed by atoms with Crippen molar-refractivity contribution in [2.24, 2.45) is 0 Å². The van der Waals surface area contributed by atoms with Crippen LogP contribution in [0.2, 0.25) is 0 Å². The molecule has 2 rings (SSSR count). The Kier molecular flexibility index (Phi) is 3.62. The fourth-order valence-electron chi connectivity index (χ4n) is 2.27. The first-order chi connectivity index (χ1) is 7.86. The van der Waals surface area contributed by atoms with E-state index in [2.05, 4.69) is 10.3 Å². The third-order valence-electron chi connectivity index (χ3n) is 3.10. The van der Waals surface area contributed by atoms with Crippen LogP contribution >= 0.6 is 0 Å². The summed E-state index contributed by atoms with van der Waals surface area (Å²) in [4.78, 5) is 4.12. The minimum atomic E-state index is 0.508. The maximum atomic E-state index is 5.38. The lowest BCUT2D eigenvalue weighted by Crippen LogP contribution is -2.27. The Morgan fingerprint density at radius 2 is 1.69 bits per heavy atom. The largest absolute Gasteiger partial charge is 0.495 e. The zero-order valence-corrected chi connectivity index (χ0v) is 9.82. The molecular weight excluding hydrogens is 204 g/mol. The highest BCUT2D eigenvalue weighted by Gasteiger charge is 2.22. The Hall–Kier alpha value is -1.29. The minimum Gasteiger partial charge on any atom is -0.495 e. The first-order valence-corrected chi connectivity index (χ1v) is 5.63. The van der Waals surface area contributed by atoms with Gasteiger partial charge in [0.1, 0.15) is 11.5 Å². The number of rotatable bonds is 3. The van der Waals surface area contributed by atoms with Crippen LogP contribution in [0.3, 0.4) is 0 Å². The lowest BCUT2D eigenvalue weighted by molar-refractivity contribution is 0.361. The van der Waals surface area contributed by atoms with Gasteiger partial charge in [-0.15, -0.1) is 0 Å². The average molecular weight is 222 g/mol. The molecule has 1 N–H and O–H groups in total. The molecule has 0 bridgehead atoms. The maximum Gasteiger partial charge on any atom is 0.144 e. The van der Waals surface area contributed by atoms with Crippen molar-refractivity contribution in [1.29, 1.82) is 0 Å². The number of pyridine rings is 1. The van der Waals surface area contributed by atoms with Crippen molar-refractivity contribution in [3.8, 4) is 11.5 Å². The summed E-state index contributed by atoms with van der Waals surface area (Å²) in [5, 5.41) is 3.36. The van der Waals surface area contributed by atoms with Crippen molar-refractivity contribution < 1.29 is 9.47 Å². The second-order valence-electron chi connectivity index (χ2n) is 3.98. The van der Waals surface area contributed by atoms with Gasteiger partial charge in [-0.25, -0.2) is 0 Å². The molecule has 0 unspecified atom stereocenters. The topological polar surface area (TPSA) is 43.4 Å². The first kappa shape index (κ1) is 11.2. The van der Waals surface area contributed by atoms with Gasteiger partial charge in [0.25, 0.3) is 0 Å². The van der Waals surface area contributed by atoms with Crippen LogP contribution in [0.25, 0.3) is 0 Å². The van der Waals surface area contributed by atoms with Crippen LogP contribution in [0.15, 0.2) is 12.4 Å². The van der Waals surface area contributed by atoms with E-state index >= 15 is 0 Å². The van der Waals surface area contributed by atoms with E-state index in [4.69, 9.17) is 9.47 Å². The molecule has 1 aromatic heterocycles. The summed E-state index contributed by atoms with van der Waals surface area (Å²) in [5.74, 6) is 2.19. The summed E-state index contributed by atoms with van der Waals surface area (Å²) in [6.45, 7) is 2.11. The lowest BCUT2D eigenvalue weighted by atomic mass is 9.89. The van der Waals surface area contributed by atoms with Gasteiger partial charge >= 0.3 is 0 Å². The first-order valence-electron chi connectivity index (χ1n) is 5.63. The molecule has 16 heavy (non-hydrogen) atoms. The summed E-state index contributed by atoms with van der Waals surface area (Å²) < 4.78 is 10.8. The SMILES string of the molecule is COc1cncc(OC)c1C1CCNCC1. The van der Waals surface area contributed by atoms with Crippen molar-refractivity contribution in [2.45, 2.75) is 18.8 Å². The van der Waals surface area contributed by atoms with E-state index in [1.807, 2.05) is 0 Å². The third-order valence-corrected chi connectivity index (χ3v) is 3.10. The molecule has 1 aromatic rings. The van der Waals surface area contributed by atoms with Crippen molar-refractivity contribution >= 4 is 0 Å². The highest BCUT2D eigenvalue weighted by molar-refractivity contribution is 5.44. The van der Waals surface area contributed by atoms with Crippen LogP contribution in [-0.4, -0.2) is 32.3 Å². The lowest BCUT2D eigenvalue weighted by Gasteiger charge is -2.25. The number of nitrogens with one attached hydrogen (secondary N) is 1. The second-order valence-corrected chi connectivity index (χ2v) is 3.98. The second kappa shape index (κ2) is 5.16. The fourth-order valence-corrected chi connectivity index (χ4v) is 2.27. The number of methoxy groups -OCH3 is 2. The fraction of sp³-hybridized carbons (Fsp3) is 0.583. The van der Waals surface area contributed by atoms with E-state index in [1.54, 1.807) is 26.6 Å². The number of ether oxygens (including phenoxy) is 2. The standard InChI is InChI=1S/C12H18N2O2/c1-15-10-7-14-8-11(16-2)12(10)9-3-5-13-6-4-9/h7-9,13H,3-6H2,1-2H3. The summed E-state index contributed by atoms with van der Waals surface area (Å²) in [6.07, 6.45) is 5.77. The molecule has 1 fully saturated rings. The number of piperidine rings is 1. The zero-order chi connectivity index (χ0) is 11.4. The molecule has 88 valence electrons. The normalized spacial score (nSPS) is 17.1. The number of hydrogen-bond donors (Lipinski definition) is 1. The zero-order valence-electron chi connectivity index (χ0n) is 9.82. The minimum absolute atomic E-state index is 0.508. The van der Waals surface area contributed by atoms with E-state index in [9.17, 15) is 0 Å². The van der Waals surface area contributed by atoms with Gasteiger partial charge in [0.15, 0.2) is 0 Å². The van der Waals surface area contributed by atoms with Crippen LogP contribution in [0.4, 0.5) is 0 Å². The smallest absolute Gasteiger partial charge is 0.144 e. The molecule has 0 spiro atoms. The van der Waals surface area contributed by atoms with Gasteiger partial charge in [0, 0.05) is 5.56 Å². The summed E-state index contributed by atoms with van der Waals surface area (Å²) in [5.41, 5.74) is 1.17. The molecule has 0 aromatic carbocycles. The van der Waals surface area contributed by atoms with Crippen LogP contribution in [0.1, 0.15) is 24.3 Å². The van der Waals surface area contributed by atoms with Crippen LogP contribution < -0.4 is 14.8 Å². The van der Waals surface area contributed by atoms with Gasteiger partial charge in [0.2, 0.25) is 0 Å². The Morgan fingerprint density at radius 3 is 2.19 bits per heavy atom. The summed E-state index contributed by atoms with van der Waals surface area (Å²) in [6, 6.07) is 0. The Morgan fingerprint density at radius 1 is 1.12 bits per heavy atom. The average Bonchev–Trinajstić information content (AvgIpc) is 2.38. The number of aromatic nitrogens is 1. The summed E-state index contributed by atoms with van der Waals surface area (Å²) in [7, 11) is 3.36. The van der Waals surface area contributed by atoms with Gasteiger partial charge in [-0.1, -0.05) is 0 Å². The van der Waals surface area contributed by atoms with Crippen LogP contribution in [-0.2, 0) is 0 Å². The van der Waals surface area contributed by atoms with Gasteiger partial charge in [0.05, 0.1) is 26.6 Å². The van der Waals surface area contributed by atoms with E-state index < -0.39 is 0 Å². The maximum absolute atomic E-state index is 5.38.